The Kier molecular flexibility index (Phi) is 6.68. The zero-order valence-corrected chi connectivity index (χ0v) is 16.2. The molecule has 3 N–H and O–H groups in total. The van der Waals surface area contributed by atoms with Gasteiger partial charge in [0.1, 0.15) is 12.4 Å². The first-order chi connectivity index (χ1) is 15.0. The number of benzene rings is 2. The minimum absolute atomic E-state index is 0.0925. The Morgan fingerprint density at radius 3 is 2.31 bits per heavy atom. The van der Waals surface area contributed by atoms with Crippen LogP contribution in [0.15, 0.2) is 54.9 Å². The fourth-order valence-electron chi connectivity index (χ4n) is 2.83. The van der Waals surface area contributed by atoms with Crippen molar-refractivity contribution in [3.8, 4) is 17.1 Å². The highest BCUT2D eigenvalue weighted by atomic mass is 19.4. The number of carbonyl (C=O) groups is 1. The standard InChI is InChI=1S/C21H16F5N3O3/c22-14-6-5-13(8-15(14)23)19(21(24,25)26)32-18-9-17(28-10-29-18)12-3-1-11(2-4-12)7-16(27)20(30)31/h1-6,8-10,16,19H,7,27H2,(H,30,31)/t16-,19?/m0/s1. The maximum absolute atomic E-state index is 13.5. The van der Waals surface area contributed by atoms with Crippen LogP contribution in [0.4, 0.5) is 22.0 Å². The Morgan fingerprint density at radius 2 is 1.72 bits per heavy atom. The van der Waals surface area contributed by atoms with Gasteiger partial charge in [-0.1, -0.05) is 30.3 Å². The second kappa shape index (κ2) is 9.27. The molecule has 1 aromatic heterocycles. The summed E-state index contributed by atoms with van der Waals surface area (Å²) in [5, 5.41) is 8.87. The third-order valence-electron chi connectivity index (χ3n) is 4.45. The van der Waals surface area contributed by atoms with Crippen LogP contribution in [0.2, 0.25) is 0 Å². The van der Waals surface area contributed by atoms with E-state index in [-0.39, 0.29) is 12.1 Å². The molecule has 0 spiro atoms. The van der Waals surface area contributed by atoms with Crippen LogP contribution < -0.4 is 10.5 Å². The van der Waals surface area contributed by atoms with Crippen LogP contribution in [-0.4, -0.2) is 33.3 Å². The van der Waals surface area contributed by atoms with E-state index in [1.807, 2.05) is 0 Å². The Hall–Kier alpha value is -3.60. The molecule has 3 rings (SSSR count). The fraction of sp³-hybridized carbons (Fsp3) is 0.190. The first-order valence-corrected chi connectivity index (χ1v) is 9.12. The number of rotatable bonds is 7. The van der Waals surface area contributed by atoms with Gasteiger partial charge in [-0.25, -0.2) is 18.7 Å². The van der Waals surface area contributed by atoms with E-state index in [2.05, 4.69) is 9.97 Å². The number of nitrogens with zero attached hydrogens (tertiary/aromatic N) is 2. The molecule has 168 valence electrons. The maximum Gasteiger partial charge on any atom is 0.429 e. The summed E-state index contributed by atoms with van der Waals surface area (Å²) in [6.07, 6.45) is -6.42. The van der Waals surface area contributed by atoms with Crippen molar-refractivity contribution < 1.29 is 36.6 Å². The lowest BCUT2D eigenvalue weighted by Crippen LogP contribution is -2.32. The van der Waals surface area contributed by atoms with E-state index in [0.29, 0.717) is 23.3 Å². The topological polar surface area (TPSA) is 98.3 Å². The van der Waals surface area contributed by atoms with Gasteiger partial charge in [0.05, 0.1) is 5.69 Å². The third-order valence-corrected chi connectivity index (χ3v) is 4.45. The number of carboxylic acids is 1. The number of carboxylic acid groups (broad SMARTS) is 1. The number of nitrogens with two attached hydrogens (primary N) is 1. The molecule has 6 nitrogen and oxygen atoms in total. The van der Waals surface area contributed by atoms with E-state index >= 15 is 0 Å². The highest BCUT2D eigenvalue weighted by Crippen LogP contribution is 2.37. The third kappa shape index (κ3) is 5.55. The number of halogens is 5. The zero-order valence-electron chi connectivity index (χ0n) is 16.2. The number of hydrogen-bond donors (Lipinski definition) is 2. The SMILES string of the molecule is N[C@@H](Cc1ccc(-c2cc(OC(c3ccc(F)c(F)c3)C(F)(F)F)ncn2)cc1)C(=O)O. The van der Waals surface area contributed by atoms with Crippen LogP contribution in [0, 0.1) is 11.6 Å². The molecule has 0 aliphatic carbocycles. The van der Waals surface area contributed by atoms with Gasteiger partial charge in [0.15, 0.2) is 11.6 Å². The maximum atomic E-state index is 13.5. The predicted octanol–water partition coefficient (Wildman–Crippen LogP) is 4.06. The molecular formula is C21H16F5N3O3. The zero-order chi connectivity index (χ0) is 23.5. The van der Waals surface area contributed by atoms with Gasteiger partial charge in [-0.05, 0) is 24.1 Å². The van der Waals surface area contributed by atoms with E-state index in [1.165, 1.54) is 0 Å². The van der Waals surface area contributed by atoms with Crippen LogP contribution in [-0.2, 0) is 11.2 Å². The van der Waals surface area contributed by atoms with Gasteiger partial charge in [-0.15, -0.1) is 0 Å². The van der Waals surface area contributed by atoms with Gasteiger partial charge in [0.25, 0.3) is 0 Å². The molecule has 2 atom stereocenters. The molecule has 0 amide bonds. The largest absolute Gasteiger partial charge is 0.480 e. The number of aliphatic carboxylic acids is 1. The molecule has 0 saturated heterocycles. The normalized spacial score (nSPS) is 13.4. The molecule has 0 saturated carbocycles. The van der Waals surface area contributed by atoms with Gasteiger partial charge in [0.2, 0.25) is 12.0 Å². The van der Waals surface area contributed by atoms with E-state index in [9.17, 15) is 26.7 Å². The molecule has 0 fully saturated rings. The quantitative estimate of drug-likeness (QED) is 0.524. The second-order valence-corrected chi connectivity index (χ2v) is 6.80. The van der Waals surface area contributed by atoms with Crippen molar-refractivity contribution in [2.24, 2.45) is 5.73 Å². The van der Waals surface area contributed by atoms with Gasteiger partial charge < -0.3 is 15.6 Å². The van der Waals surface area contributed by atoms with E-state index in [0.717, 1.165) is 18.5 Å². The van der Waals surface area contributed by atoms with Crippen molar-refractivity contribution in [2.75, 3.05) is 0 Å². The lowest BCUT2D eigenvalue weighted by molar-refractivity contribution is -0.198. The van der Waals surface area contributed by atoms with Crippen molar-refractivity contribution >= 4 is 5.97 Å². The van der Waals surface area contributed by atoms with Crippen LogP contribution in [0.1, 0.15) is 17.2 Å². The van der Waals surface area contributed by atoms with Crippen LogP contribution in [0.3, 0.4) is 0 Å². The Labute approximate surface area is 178 Å². The highest BCUT2D eigenvalue weighted by Gasteiger charge is 2.43. The Balaban J connectivity index is 1.84. The van der Waals surface area contributed by atoms with Gasteiger partial charge in [0, 0.05) is 17.2 Å². The molecule has 11 heteroatoms. The fourth-order valence-corrected chi connectivity index (χ4v) is 2.83. The van der Waals surface area contributed by atoms with Crippen molar-refractivity contribution in [1.82, 2.24) is 9.97 Å². The first kappa shape index (κ1) is 23.1. The number of aromatic nitrogens is 2. The van der Waals surface area contributed by atoms with Crippen molar-refractivity contribution in [3.63, 3.8) is 0 Å². The van der Waals surface area contributed by atoms with Crippen LogP contribution in [0.5, 0.6) is 5.88 Å². The first-order valence-electron chi connectivity index (χ1n) is 9.12. The predicted molar refractivity (Wildman–Crippen MR) is 103 cm³/mol. The second-order valence-electron chi connectivity index (χ2n) is 6.80. The van der Waals surface area contributed by atoms with E-state index in [1.54, 1.807) is 24.3 Å². The average Bonchev–Trinajstić information content (AvgIpc) is 2.74. The monoisotopic (exact) mass is 453 g/mol. The van der Waals surface area contributed by atoms with Gasteiger partial charge in [-0.2, -0.15) is 13.2 Å². The molecule has 0 aliphatic heterocycles. The number of hydrogen-bond acceptors (Lipinski definition) is 5. The molecule has 32 heavy (non-hydrogen) atoms. The summed E-state index contributed by atoms with van der Waals surface area (Å²) >= 11 is 0. The van der Waals surface area contributed by atoms with E-state index in [4.69, 9.17) is 15.6 Å². The van der Waals surface area contributed by atoms with Crippen molar-refractivity contribution in [2.45, 2.75) is 24.7 Å². The van der Waals surface area contributed by atoms with Gasteiger partial charge in [-0.3, -0.25) is 4.79 Å². The summed E-state index contributed by atoms with van der Waals surface area (Å²) in [4.78, 5) is 18.5. The lowest BCUT2D eigenvalue weighted by atomic mass is 10.0. The van der Waals surface area contributed by atoms with Crippen molar-refractivity contribution in [1.29, 1.82) is 0 Å². The summed E-state index contributed by atoms with van der Waals surface area (Å²) in [7, 11) is 0. The summed E-state index contributed by atoms with van der Waals surface area (Å²) in [6, 6.07) is 8.26. The molecule has 1 unspecified atom stereocenters. The Morgan fingerprint density at radius 1 is 1.03 bits per heavy atom. The Bertz CT molecular complexity index is 1110. The van der Waals surface area contributed by atoms with Crippen LogP contribution in [0.25, 0.3) is 11.3 Å². The van der Waals surface area contributed by atoms with Gasteiger partial charge >= 0.3 is 12.1 Å². The molecule has 1 heterocycles. The summed E-state index contributed by atoms with van der Waals surface area (Å²) in [5.41, 5.74) is 6.24. The molecule has 0 bridgehead atoms. The summed E-state index contributed by atoms with van der Waals surface area (Å²) < 4.78 is 72.1. The average molecular weight is 453 g/mol. The van der Waals surface area contributed by atoms with Crippen molar-refractivity contribution in [3.05, 3.63) is 77.6 Å². The van der Waals surface area contributed by atoms with Crippen LogP contribution >= 0.6 is 0 Å². The highest BCUT2D eigenvalue weighted by molar-refractivity contribution is 5.73. The number of alkyl halides is 3. The van der Waals surface area contributed by atoms with E-state index < -0.39 is 47.4 Å². The summed E-state index contributed by atoms with van der Waals surface area (Å²) in [6.45, 7) is 0. The molecule has 0 aliphatic rings. The minimum Gasteiger partial charge on any atom is -0.480 e. The molecule has 0 radical (unpaired) electrons. The lowest BCUT2D eigenvalue weighted by Gasteiger charge is -2.21. The smallest absolute Gasteiger partial charge is 0.429 e. The minimum atomic E-state index is -4.93. The molecule has 2 aromatic carbocycles. The summed E-state index contributed by atoms with van der Waals surface area (Å²) in [5.74, 6) is -4.30. The number of ether oxygens (including phenoxy) is 1. The molecular weight excluding hydrogens is 437 g/mol. The molecule has 3 aromatic rings.